The Kier molecular flexibility index (Phi) is 5.73. The molecule has 0 saturated heterocycles. The summed E-state index contributed by atoms with van der Waals surface area (Å²) in [5.41, 5.74) is 7.63. The normalized spacial score (nSPS) is 18.8. The van der Waals surface area contributed by atoms with Crippen LogP contribution < -0.4 is 0 Å². The number of nitriles is 1. The highest BCUT2D eigenvalue weighted by Gasteiger charge is 2.28. The van der Waals surface area contributed by atoms with E-state index in [1.54, 1.807) is 0 Å². The van der Waals surface area contributed by atoms with Crippen LogP contribution in [0.3, 0.4) is 0 Å². The van der Waals surface area contributed by atoms with Gasteiger partial charge in [0.1, 0.15) is 0 Å². The molecule has 0 heterocycles. The smallest absolute Gasteiger partial charge is 0.0659 e. The van der Waals surface area contributed by atoms with E-state index in [0.717, 1.165) is 12.8 Å². The Morgan fingerprint density at radius 3 is 1.86 bits per heavy atom. The van der Waals surface area contributed by atoms with Crippen LogP contribution in [0.25, 0.3) is 5.57 Å². The first-order valence-corrected chi connectivity index (χ1v) is 10.2. The predicted molar refractivity (Wildman–Crippen MR) is 120 cm³/mol. The molecule has 0 saturated carbocycles. The predicted octanol–water partition coefficient (Wildman–Crippen LogP) is 7.15. The van der Waals surface area contributed by atoms with Gasteiger partial charge in [0.05, 0.1) is 12.0 Å². The highest BCUT2D eigenvalue weighted by atomic mass is 14.3. The molecular weight excluding hydrogens is 350 g/mol. The lowest BCUT2D eigenvalue weighted by atomic mass is 9.73. The lowest BCUT2D eigenvalue weighted by molar-refractivity contribution is 0.516. The van der Waals surface area contributed by atoms with Crippen molar-refractivity contribution in [1.29, 1.82) is 5.26 Å². The summed E-state index contributed by atoms with van der Waals surface area (Å²) in [5.74, 6) is 0.325. The first-order chi connectivity index (χ1) is 14.3. The van der Waals surface area contributed by atoms with Crippen LogP contribution in [-0.2, 0) is 0 Å². The molecule has 0 amide bonds. The van der Waals surface area contributed by atoms with Crippen molar-refractivity contribution in [3.05, 3.63) is 125 Å². The van der Waals surface area contributed by atoms with Crippen LogP contribution in [-0.4, -0.2) is 0 Å². The van der Waals surface area contributed by atoms with Crippen molar-refractivity contribution in [2.75, 3.05) is 0 Å². The average Bonchev–Trinajstić information content (AvgIpc) is 2.79. The minimum Gasteiger partial charge on any atom is -0.198 e. The summed E-state index contributed by atoms with van der Waals surface area (Å²) in [4.78, 5) is 0. The van der Waals surface area contributed by atoms with E-state index in [2.05, 4.69) is 110 Å². The molecule has 0 aromatic heterocycles. The molecule has 3 aromatic rings. The van der Waals surface area contributed by atoms with E-state index in [4.69, 9.17) is 0 Å². The van der Waals surface area contributed by atoms with Gasteiger partial charge in [0.25, 0.3) is 0 Å². The van der Waals surface area contributed by atoms with Crippen LogP contribution in [0, 0.1) is 17.2 Å². The van der Waals surface area contributed by atoms with Crippen LogP contribution >= 0.6 is 0 Å². The van der Waals surface area contributed by atoms with E-state index in [-0.39, 0.29) is 11.8 Å². The number of nitrogens with zero attached hydrogens (tertiary/aromatic N) is 1. The molecule has 2 atom stereocenters. The molecule has 1 heteroatoms. The van der Waals surface area contributed by atoms with Gasteiger partial charge in [0.15, 0.2) is 0 Å². The van der Waals surface area contributed by atoms with Crippen molar-refractivity contribution < 1.29 is 0 Å². The minimum atomic E-state index is 0.0780. The lowest BCUT2D eigenvalue weighted by Crippen LogP contribution is -2.16. The summed E-state index contributed by atoms with van der Waals surface area (Å²) >= 11 is 0. The molecule has 0 N–H and O–H groups in total. The molecule has 3 aromatic carbocycles. The van der Waals surface area contributed by atoms with Crippen molar-refractivity contribution in [3.63, 3.8) is 0 Å². The molecule has 0 bridgehead atoms. The van der Waals surface area contributed by atoms with E-state index < -0.39 is 0 Å². The summed E-state index contributed by atoms with van der Waals surface area (Å²) in [6, 6.07) is 34.3. The van der Waals surface area contributed by atoms with Gasteiger partial charge < -0.3 is 0 Å². The Balaban J connectivity index is 1.87. The second-order valence-electron chi connectivity index (χ2n) is 7.75. The Morgan fingerprint density at radius 1 is 0.828 bits per heavy atom. The van der Waals surface area contributed by atoms with Gasteiger partial charge in [0.2, 0.25) is 0 Å². The minimum absolute atomic E-state index is 0.0780. The van der Waals surface area contributed by atoms with Gasteiger partial charge >= 0.3 is 0 Å². The Hall–Kier alpha value is -3.37. The second kappa shape index (κ2) is 8.76. The van der Waals surface area contributed by atoms with Crippen molar-refractivity contribution in [1.82, 2.24) is 0 Å². The lowest BCUT2D eigenvalue weighted by Gasteiger charge is -2.30. The monoisotopic (exact) mass is 375 g/mol. The fraction of sp³-hybridized carbons (Fsp3) is 0.179. The third kappa shape index (κ3) is 4.23. The van der Waals surface area contributed by atoms with Gasteiger partial charge in [-0.15, -0.1) is 0 Å². The molecule has 0 unspecified atom stereocenters. The molecule has 0 fully saturated rings. The SMILES string of the molecule is CC1=C(C=C(c2ccccc2)c2ccccc2)[C@H](c2ccccc2)C[C@H](C#N)C1. The fourth-order valence-corrected chi connectivity index (χ4v) is 4.33. The zero-order chi connectivity index (χ0) is 20.1. The highest BCUT2D eigenvalue weighted by molar-refractivity contribution is 5.82. The summed E-state index contributed by atoms with van der Waals surface area (Å²) < 4.78 is 0. The molecule has 142 valence electrons. The molecule has 1 nitrogen and oxygen atoms in total. The van der Waals surface area contributed by atoms with Crippen LogP contribution in [0.1, 0.15) is 42.4 Å². The first-order valence-electron chi connectivity index (χ1n) is 10.2. The number of hydrogen-bond donors (Lipinski definition) is 0. The maximum Gasteiger partial charge on any atom is 0.0659 e. The van der Waals surface area contributed by atoms with Gasteiger partial charge in [-0.1, -0.05) is 96.6 Å². The zero-order valence-electron chi connectivity index (χ0n) is 16.8. The Morgan fingerprint density at radius 2 is 1.34 bits per heavy atom. The van der Waals surface area contributed by atoms with Gasteiger partial charge in [0, 0.05) is 5.92 Å². The molecule has 1 aliphatic rings. The summed E-state index contributed by atoms with van der Waals surface area (Å²) in [7, 11) is 0. The van der Waals surface area contributed by atoms with Gasteiger partial charge in [-0.25, -0.2) is 0 Å². The van der Waals surface area contributed by atoms with Crippen molar-refractivity contribution in [2.24, 2.45) is 5.92 Å². The maximum absolute atomic E-state index is 9.61. The number of allylic oxidation sites excluding steroid dienone is 3. The number of hydrogen-bond acceptors (Lipinski definition) is 1. The van der Waals surface area contributed by atoms with E-state index in [1.165, 1.54) is 33.4 Å². The average molecular weight is 376 g/mol. The molecule has 1 aliphatic carbocycles. The molecule has 0 spiro atoms. The topological polar surface area (TPSA) is 23.8 Å². The second-order valence-corrected chi connectivity index (χ2v) is 7.75. The van der Waals surface area contributed by atoms with Crippen LogP contribution in [0.5, 0.6) is 0 Å². The van der Waals surface area contributed by atoms with Crippen molar-refractivity contribution in [2.45, 2.75) is 25.7 Å². The Bertz CT molecular complexity index is 1010. The maximum atomic E-state index is 9.61. The van der Waals surface area contributed by atoms with Gasteiger partial charge in [-0.05, 0) is 53.7 Å². The molecule has 29 heavy (non-hydrogen) atoms. The van der Waals surface area contributed by atoms with Crippen molar-refractivity contribution in [3.8, 4) is 6.07 Å². The largest absolute Gasteiger partial charge is 0.198 e. The third-order valence-corrected chi connectivity index (χ3v) is 5.79. The molecular formula is C28H25N. The standard InChI is InChI=1S/C28H25N/c1-21-17-22(20-29)18-28(25-15-9-4-10-16-25)26(21)19-27(23-11-5-2-6-12-23)24-13-7-3-8-14-24/h2-16,19,22,28H,17-18H2,1H3/t22-,28+/m1/s1. The molecule has 0 aliphatic heterocycles. The first kappa shape index (κ1) is 19.0. The van der Waals surface area contributed by atoms with E-state index in [1.807, 2.05) is 0 Å². The quantitative estimate of drug-likeness (QED) is 0.475. The van der Waals surface area contributed by atoms with Crippen LogP contribution in [0.15, 0.2) is 108 Å². The van der Waals surface area contributed by atoms with Crippen molar-refractivity contribution >= 4 is 5.57 Å². The molecule has 4 rings (SSSR count). The van der Waals surface area contributed by atoms with Crippen LogP contribution in [0.2, 0.25) is 0 Å². The van der Waals surface area contributed by atoms with Crippen LogP contribution in [0.4, 0.5) is 0 Å². The third-order valence-electron chi connectivity index (χ3n) is 5.79. The zero-order valence-corrected chi connectivity index (χ0v) is 16.8. The molecule has 0 radical (unpaired) electrons. The summed E-state index contributed by atoms with van der Waals surface area (Å²) in [6.45, 7) is 2.19. The Labute approximate surface area is 173 Å². The van der Waals surface area contributed by atoms with Gasteiger partial charge in [-0.3, -0.25) is 0 Å². The highest BCUT2D eigenvalue weighted by Crippen LogP contribution is 2.42. The number of benzene rings is 3. The summed E-state index contributed by atoms with van der Waals surface area (Å²) in [5, 5.41) is 9.61. The van der Waals surface area contributed by atoms with E-state index >= 15 is 0 Å². The van der Waals surface area contributed by atoms with Gasteiger partial charge in [-0.2, -0.15) is 5.26 Å². The number of rotatable bonds is 4. The van der Waals surface area contributed by atoms with E-state index in [9.17, 15) is 5.26 Å². The summed E-state index contributed by atoms with van der Waals surface area (Å²) in [6.07, 6.45) is 4.09. The fourth-order valence-electron chi connectivity index (χ4n) is 4.33. The van der Waals surface area contributed by atoms with E-state index in [0.29, 0.717) is 0 Å².